The molecule has 0 N–H and O–H groups in total. The fraction of sp³-hybridized carbons (Fsp3) is 0.435. The number of pyridine rings is 1. The third-order valence-electron chi connectivity index (χ3n) is 6.14. The second kappa shape index (κ2) is 9.59. The number of carbonyl (C=O) groups excluding carboxylic acids is 2. The van der Waals surface area contributed by atoms with Crippen molar-refractivity contribution in [3.05, 3.63) is 58.7 Å². The second-order valence-corrected chi connectivity index (χ2v) is 8.75. The molecule has 1 aromatic heterocycles. The summed E-state index contributed by atoms with van der Waals surface area (Å²) < 4.78 is 38.2. The molecule has 10 heteroatoms. The smallest absolute Gasteiger partial charge is 0.353 e. The molecule has 0 aliphatic carbocycles. The maximum absolute atomic E-state index is 13.1. The predicted octanol–water partition coefficient (Wildman–Crippen LogP) is 3.95. The van der Waals surface area contributed by atoms with Crippen LogP contribution in [0.3, 0.4) is 0 Å². The summed E-state index contributed by atoms with van der Waals surface area (Å²) in [6, 6.07) is 9.10. The number of alkyl halides is 3. The molecule has 2 aliphatic rings. The van der Waals surface area contributed by atoms with Gasteiger partial charge in [-0.1, -0.05) is 11.6 Å². The van der Waals surface area contributed by atoms with Crippen LogP contribution >= 0.6 is 11.6 Å². The van der Waals surface area contributed by atoms with E-state index in [1.807, 2.05) is 4.90 Å². The van der Waals surface area contributed by atoms with E-state index in [1.165, 1.54) is 6.07 Å². The largest absolute Gasteiger partial charge is 0.417 e. The Morgan fingerprint density at radius 1 is 0.939 bits per heavy atom. The maximum atomic E-state index is 13.1. The molecule has 33 heavy (non-hydrogen) atoms. The Bertz CT molecular complexity index is 990. The number of benzene rings is 1. The molecular formula is C23H24ClF3N4O2. The summed E-state index contributed by atoms with van der Waals surface area (Å²) in [5.41, 5.74) is -0.236. The zero-order valence-corrected chi connectivity index (χ0v) is 18.6. The quantitative estimate of drug-likeness (QED) is 0.667. The summed E-state index contributed by atoms with van der Waals surface area (Å²) in [6.07, 6.45) is -2.10. The van der Waals surface area contributed by atoms with Gasteiger partial charge in [-0.05, 0) is 49.2 Å². The fourth-order valence-corrected chi connectivity index (χ4v) is 4.42. The molecule has 0 saturated carbocycles. The van der Waals surface area contributed by atoms with Gasteiger partial charge in [-0.15, -0.1) is 0 Å². The molecule has 1 aromatic carbocycles. The minimum atomic E-state index is -4.42. The number of piperidine rings is 1. The van der Waals surface area contributed by atoms with Gasteiger partial charge in [0.05, 0.1) is 11.5 Å². The van der Waals surface area contributed by atoms with Crippen LogP contribution in [0.2, 0.25) is 5.02 Å². The highest BCUT2D eigenvalue weighted by Gasteiger charge is 2.34. The molecule has 2 aliphatic heterocycles. The number of hydrogen-bond donors (Lipinski definition) is 0. The minimum Gasteiger partial charge on any atom is -0.353 e. The van der Waals surface area contributed by atoms with Gasteiger partial charge in [0.2, 0.25) is 5.91 Å². The van der Waals surface area contributed by atoms with Crippen molar-refractivity contribution in [1.82, 2.24) is 14.8 Å². The average molecular weight is 481 g/mol. The Morgan fingerprint density at radius 2 is 1.64 bits per heavy atom. The SMILES string of the molecule is O=C(c1ccc(Cl)cc1)N1CCC[C@H](C(=O)N2CCN(c3ccc(C(F)(F)F)cn3)CC2)C1. The van der Waals surface area contributed by atoms with E-state index in [0.717, 1.165) is 25.1 Å². The first kappa shape index (κ1) is 23.4. The van der Waals surface area contributed by atoms with E-state index in [2.05, 4.69) is 4.98 Å². The topological polar surface area (TPSA) is 56.8 Å². The number of anilines is 1. The molecule has 0 unspecified atom stereocenters. The highest BCUT2D eigenvalue weighted by atomic mass is 35.5. The number of rotatable bonds is 3. The lowest BCUT2D eigenvalue weighted by Crippen LogP contribution is -2.53. The Hall–Kier alpha value is -2.81. The van der Waals surface area contributed by atoms with E-state index >= 15 is 0 Å². The molecule has 4 rings (SSSR count). The minimum absolute atomic E-state index is 0.0173. The van der Waals surface area contributed by atoms with E-state index < -0.39 is 11.7 Å². The van der Waals surface area contributed by atoms with Crippen LogP contribution < -0.4 is 4.90 Å². The molecule has 1 atom stereocenters. The molecule has 6 nitrogen and oxygen atoms in total. The van der Waals surface area contributed by atoms with Crippen LogP contribution in [0.25, 0.3) is 0 Å². The number of aromatic nitrogens is 1. The van der Waals surface area contributed by atoms with Crippen molar-refractivity contribution < 1.29 is 22.8 Å². The van der Waals surface area contributed by atoms with Gasteiger partial charge in [-0.25, -0.2) is 4.98 Å². The zero-order chi connectivity index (χ0) is 23.6. The number of piperazine rings is 1. The first-order valence-electron chi connectivity index (χ1n) is 10.8. The highest BCUT2D eigenvalue weighted by Crippen LogP contribution is 2.29. The van der Waals surface area contributed by atoms with Gasteiger partial charge < -0.3 is 14.7 Å². The molecule has 0 bridgehead atoms. The fourth-order valence-electron chi connectivity index (χ4n) is 4.29. The van der Waals surface area contributed by atoms with Gasteiger partial charge in [0.1, 0.15) is 5.82 Å². The number of nitrogens with zero attached hydrogens (tertiary/aromatic N) is 4. The monoisotopic (exact) mass is 480 g/mol. The van der Waals surface area contributed by atoms with Crippen LogP contribution in [0.5, 0.6) is 0 Å². The van der Waals surface area contributed by atoms with Gasteiger partial charge in [0.25, 0.3) is 5.91 Å². The Morgan fingerprint density at radius 3 is 2.24 bits per heavy atom. The molecule has 0 radical (unpaired) electrons. The zero-order valence-electron chi connectivity index (χ0n) is 17.9. The summed E-state index contributed by atoms with van der Waals surface area (Å²) >= 11 is 5.90. The Kier molecular flexibility index (Phi) is 6.78. The maximum Gasteiger partial charge on any atom is 0.417 e. The van der Waals surface area contributed by atoms with Crippen LogP contribution in [0, 0.1) is 5.92 Å². The third kappa shape index (κ3) is 5.40. The van der Waals surface area contributed by atoms with E-state index in [-0.39, 0.29) is 17.7 Å². The average Bonchev–Trinajstić information content (AvgIpc) is 2.83. The van der Waals surface area contributed by atoms with Gasteiger partial charge in [-0.3, -0.25) is 9.59 Å². The van der Waals surface area contributed by atoms with E-state index in [4.69, 9.17) is 11.6 Å². The Labute approximate surface area is 194 Å². The van der Waals surface area contributed by atoms with Crippen molar-refractivity contribution in [2.24, 2.45) is 5.92 Å². The van der Waals surface area contributed by atoms with Gasteiger partial charge in [0.15, 0.2) is 0 Å². The molecule has 2 saturated heterocycles. The van der Waals surface area contributed by atoms with Crippen LogP contribution in [-0.2, 0) is 11.0 Å². The molecular weight excluding hydrogens is 457 g/mol. The summed E-state index contributed by atoms with van der Waals surface area (Å²) in [7, 11) is 0. The second-order valence-electron chi connectivity index (χ2n) is 8.31. The van der Waals surface area contributed by atoms with E-state index in [1.54, 1.807) is 34.1 Å². The first-order chi connectivity index (χ1) is 15.7. The van der Waals surface area contributed by atoms with Crippen LogP contribution in [0.4, 0.5) is 19.0 Å². The lowest BCUT2D eigenvalue weighted by Gasteiger charge is -2.39. The van der Waals surface area contributed by atoms with Crippen molar-refractivity contribution in [3.63, 3.8) is 0 Å². The van der Waals surface area contributed by atoms with Crippen LogP contribution in [0.15, 0.2) is 42.6 Å². The first-order valence-corrected chi connectivity index (χ1v) is 11.2. The summed E-state index contributed by atoms with van der Waals surface area (Å²) in [5.74, 6) is 0.115. The van der Waals surface area contributed by atoms with Crippen molar-refractivity contribution in [3.8, 4) is 0 Å². The van der Waals surface area contributed by atoms with Crippen molar-refractivity contribution in [1.29, 1.82) is 0 Å². The number of hydrogen-bond acceptors (Lipinski definition) is 4. The predicted molar refractivity (Wildman–Crippen MR) is 118 cm³/mol. The molecule has 2 aromatic rings. The Balaban J connectivity index is 1.32. The van der Waals surface area contributed by atoms with E-state index in [0.29, 0.717) is 55.7 Å². The number of carbonyl (C=O) groups is 2. The van der Waals surface area contributed by atoms with Gasteiger partial charge in [-0.2, -0.15) is 13.2 Å². The van der Waals surface area contributed by atoms with Crippen molar-refractivity contribution >= 4 is 29.2 Å². The third-order valence-corrected chi connectivity index (χ3v) is 6.39. The molecule has 2 fully saturated rings. The van der Waals surface area contributed by atoms with Crippen LogP contribution in [0.1, 0.15) is 28.8 Å². The van der Waals surface area contributed by atoms with Crippen molar-refractivity contribution in [2.75, 3.05) is 44.2 Å². The van der Waals surface area contributed by atoms with E-state index in [9.17, 15) is 22.8 Å². The number of likely N-dealkylation sites (tertiary alicyclic amines) is 1. The summed E-state index contributed by atoms with van der Waals surface area (Å²) in [6.45, 7) is 2.89. The molecule has 2 amide bonds. The molecule has 176 valence electrons. The lowest BCUT2D eigenvalue weighted by atomic mass is 9.95. The number of halogens is 4. The summed E-state index contributed by atoms with van der Waals surface area (Å²) in [4.78, 5) is 35.2. The van der Waals surface area contributed by atoms with Gasteiger partial charge in [0, 0.05) is 56.1 Å². The van der Waals surface area contributed by atoms with Gasteiger partial charge >= 0.3 is 6.18 Å². The highest BCUT2D eigenvalue weighted by molar-refractivity contribution is 6.30. The normalized spacial score (nSPS) is 19.5. The number of amides is 2. The summed E-state index contributed by atoms with van der Waals surface area (Å²) in [5, 5.41) is 0.559. The molecule has 0 spiro atoms. The van der Waals surface area contributed by atoms with Crippen LogP contribution in [-0.4, -0.2) is 65.9 Å². The standard InChI is InChI=1S/C23H24ClF3N4O2/c24-19-6-3-16(4-7-19)21(32)31-9-1-2-17(15-31)22(33)30-12-10-29(11-13-30)20-8-5-18(14-28-20)23(25,26)27/h3-8,14,17H,1-2,9-13,15H2/t17-/m0/s1. The lowest BCUT2D eigenvalue weighted by molar-refractivity contribution is -0.138. The van der Waals surface area contributed by atoms with Crippen molar-refractivity contribution in [2.45, 2.75) is 19.0 Å². The molecule has 3 heterocycles.